The van der Waals surface area contributed by atoms with Crippen molar-refractivity contribution in [3.63, 3.8) is 0 Å². The molecule has 4 N–H and O–H groups in total. The summed E-state index contributed by atoms with van der Waals surface area (Å²) in [5, 5.41) is 18.0. The first-order valence-electron chi connectivity index (χ1n) is 0.730. The molecular weight excluding hydrogens is 301 g/mol. The molecule has 0 unspecified atom stereocenters. The Balaban J connectivity index is -0.0000000160. The first-order chi connectivity index (χ1) is 2.83. The Bertz CT molecular complexity index is 32.3. The zero-order valence-corrected chi connectivity index (χ0v) is 6.12. The molecule has 0 aliphatic carbocycles. The second kappa shape index (κ2) is 91.3. The minimum absolute atomic E-state index is 0. The second-order valence-corrected chi connectivity index (χ2v) is 0.149. The van der Waals surface area contributed by atoms with Gasteiger partial charge in [-0.3, -0.25) is 0 Å². The SMILES string of the molecule is O=N[O-].O=N[O-].[NH4+].[Pt]. The van der Waals surface area contributed by atoms with Gasteiger partial charge in [-0.05, 0) is 0 Å². The van der Waals surface area contributed by atoms with Gasteiger partial charge >= 0.3 is 0 Å². The molecule has 0 amide bonds. The number of quaternary nitrogens is 1. The zero-order chi connectivity index (χ0) is 5.41. The fourth-order valence-electron chi connectivity index (χ4n) is 0. The third-order valence-electron chi connectivity index (χ3n) is 0. The fourth-order valence-corrected chi connectivity index (χ4v) is 0. The van der Waals surface area contributed by atoms with Gasteiger partial charge < -0.3 is 26.4 Å². The standard InChI is InChI=1S/2HNO2.H3N.Pt/c2*2-1-3;;/h2*(H,2,3);1H3;/p-1. The van der Waals surface area contributed by atoms with Crippen LogP contribution in [0, 0.1) is 20.2 Å². The Labute approximate surface area is 58.8 Å². The summed E-state index contributed by atoms with van der Waals surface area (Å²) in [5.74, 6) is 0. The molecule has 0 aromatic carbocycles. The molecular formula is H4N3O4Pt-. The molecule has 0 fully saturated rings. The summed E-state index contributed by atoms with van der Waals surface area (Å²) in [4.78, 5) is 16.0. The molecule has 7 nitrogen and oxygen atoms in total. The van der Waals surface area contributed by atoms with Crippen molar-refractivity contribution in [2.45, 2.75) is 0 Å². The third kappa shape index (κ3) is 354. The summed E-state index contributed by atoms with van der Waals surface area (Å²) in [6.07, 6.45) is 0. The first kappa shape index (κ1) is 26.0. The molecule has 0 aromatic rings. The van der Waals surface area contributed by atoms with Crippen LogP contribution in [0.15, 0.2) is 10.7 Å². The van der Waals surface area contributed by atoms with Gasteiger partial charge in [0, 0.05) is 21.1 Å². The number of rotatable bonds is 0. The number of nitrogens with zero attached hydrogens (tertiary/aromatic N) is 2. The van der Waals surface area contributed by atoms with Gasteiger partial charge in [-0.2, -0.15) is 0 Å². The van der Waals surface area contributed by atoms with Crippen LogP contribution in [0.2, 0.25) is 0 Å². The molecule has 0 heterocycles. The van der Waals surface area contributed by atoms with E-state index in [1.54, 1.807) is 0 Å². The monoisotopic (exact) mass is 305 g/mol. The molecule has 0 rings (SSSR count). The molecule has 8 heavy (non-hydrogen) atoms. The maximum Gasteiger partial charge on any atom is 0 e. The van der Waals surface area contributed by atoms with Gasteiger partial charge in [-0.15, -0.1) is 10.7 Å². The van der Waals surface area contributed by atoms with E-state index in [0.717, 1.165) is 10.7 Å². The van der Waals surface area contributed by atoms with Gasteiger partial charge in [-0.1, -0.05) is 0 Å². The Morgan fingerprint density at radius 3 is 1.00 bits per heavy atom. The smallest absolute Gasteiger partial charge is 0 e. The summed E-state index contributed by atoms with van der Waals surface area (Å²) in [6, 6.07) is 0. The van der Waals surface area contributed by atoms with E-state index in [4.69, 9.17) is 20.2 Å². The zero-order valence-electron chi connectivity index (χ0n) is 3.84. The van der Waals surface area contributed by atoms with E-state index in [1.807, 2.05) is 0 Å². The Hall–Kier alpha value is -0.552. The summed E-state index contributed by atoms with van der Waals surface area (Å²) < 4.78 is 0. The molecule has 0 saturated heterocycles. The molecule has 0 saturated carbocycles. The topological polar surface area (TPSA) is 141 Å². The minimum Gasteiger partial charge on any atom is -0.444 e. The van der Waals surface area contributed by atoms with Crippen LogP contribution in [0.4, 0.5) is 0 Å². The third-order valence-corrected chi connectivity index (χ3v) is 0. The van der Waals surface area contributed by atoms with Crippen LogP contribution in [0.5, 0.6) is 0 Å². The van der Waals surface area contributed by atoms with Crippen molar-refractivity contribution >= 4 is 0 Å². The molecule has 0 atom stereocenters. The average molecular weight is 305 g/mol. The van der Waals surface area contributed by atoms with Crippen molar-refractivity contribution in [1.29, 1.82) is 0 Å². The van der Waals surface area contributed by atoms with Crippen molar-refractivity contribution in [3.05, 3.63) is 20.2 Å². The quantitative estimate of drug-likeness (QED) is 0.523. The predicted octanol–water partition coefficient (Wildman–Crippen LogP) is 0.875. The van der Waals surface area contributed by atoms with E-state index < -0.39 is 0 Å². The summed E-state index contributed by atoms with van der Waals surface area (Å²) in [6.45, 7) is 0. The first-order valence-corrected chi connectivity index (χ1v) is 0.730. The van der Waals surface area contributed by atoms with E-state index in [9.17, 15) is 0 Å². The van der Waals surface area contributed by atoms with Gasteiger partial charge in [0.2, 0.25) is 0 Å². The number of hydrogen-bond donors (Lipinski definition) is 1. The van der Waals surface area contributed by atoms with Crippen LogP contribution in [-0.4, -0.2) is 0 Å². The minimum atomic E-state index is 0. The van der Waals surface area contributed by atoms with Crippen LogP contribution >= 0.6 is 0 Å². The van der Waals surface area contributed by atoms with Crippen molar-refractivity contribution in [3.8, 4) is 0 Å². The molecule has 8 heteroatoms. The number of hydrogen-bond acceptors (Lipinski definition) is 6. The second-order valence-electron chi connectivity index (χ2n) is 0.149. The van der Waals surface area contributed by atoms with E-state index in [-0.39, 0.29) is 27.2 Å². The normalized spacial score (nSPS) is 3.00. The largest absolute Gasteiger partial charge is 0.444 e. The van der Waals surface area contributed by atoms with Gasteiger partial charge in [-0.25, -0.2) is 0 Å². The van der Waals surface area contributed by atoms with E-state index in [1.165, 1.54) is 0 Å². The van der Waals surface area contributed by atoms with Crippen molar-refractivity contribution < 1.29 is 21.1 Å². The van der Waals surface area contributed by atoms with Crippen LogP contribution < -0.4 is 6.15 Å². The Morgan fingerprint density at radius 1 is 1.00 bits per heavy atom. The molecule has 0 spiro atoms. The maximum absolute atomic E-state index is 8.00. The summed E-state index contributed by atoms with van der Waals surface area (Å²) in [7, 11) is 0. The van der Waals surface area contributed by atoms with Crippen LogP contribution in [0.25, 0.3) is 0 Å². The van der Waals surface area contributed by atoms with Gasteiger partial charge in [0.1, 0.15) is 0 Å². The van der Waals surface area contributed by atoms with E-state index >= 15 is 0 Å². The summed E-state index contributed by atoms with van der Waals surface area (Å²) in [5.41, 5.74) is 0. The molecule has 0 radical (unpaired) electrons. The van der Waals surface area contributed by atoms with Crippen LogP contribution in [-0.2, 0) is 21.1 Å². The molecule has 0 bridgehead atoms. The van der Waals surface area contributed by atoms with Gasteiger partial charge in [0.25, 0.3) is 0 Å². The van der Waals surface area contributed by atoms with Crippen LogP contribution in [0.1, 0.15) is 0 Å². The average Bonchev–Trinajstić information content (AvgIpc) is 1.39. The summed E-state index contributed by atoms with van der Waals surface area (Å²) >= 11 is 0. The van der Waals surface area contributed by atoms with Crippen LogP contribution in [0.3, 0.4) is 0 Å². The molecule has 0 aromatic heterocycles. The Morgan fingerprint density at radius 2 is 1.00 bits per heavy atom. The van der Waals surface area contributed by atoms with E-state index in [0.29, 0.717) is 0 Å². The molecule has 0 aliphatic rings. The fraction of sp³-hybridized carbons (Fsp3) is 0. The van der Waals surface area contributed by atoms with Crippen molar-refractivity contribution in [2.75, 3.05) is 0 Å². The van der Waals surface area contributed by atoms with Crippen molar-refractivity contribution in [2.24, 2.45) is 10.7 Å². The Kier molecular flexibility index (Phi) is 297. The van der Waals surface area contributed by atoms with Crippen molar-refractivity contribution in [1.82, 2.24) is 6.15 Å². The molecule has 0 aliphatic heterocycles. The van der Waals surface area contributed by atoms with Gasteiger partial charge in [0.05, 0.1) is 0 Å². The predicted molar refractivity (Wildman–Crippen MR) is 24.3 cm³/mol. The molecule has 54 valence electrons. The van der Waals surface area contributed by atoms with E-state index in [2.05, 4.69) is 0 Å². The maximum atomic E-state index is 8.00. The van der Waals surface area contributed by atoms with Gasteiger partial charge in [0.15, 0.2) is 0 Å².